The van der Waals surface area contributed by atoms with Gasteiger partial charge in [0.25, 0.3) is 0 Å². The first kappa shape index (κ1) is 26.8. The molecule has 38 heavy (non-hydrogen) atoms. The van der Waals surface area contributed by atoms with Crippen LogP contribution < -0.4 is 0 Å². The first-order chi connectivity index (χ1) is 18.1. The number of hydrogen-bond donors (Lipinski definition) is 1. The molecule has 6 rings (SSSR count). The Balaban J connectivity index is 1.17. The average molecular weight is 523 g/mol. The van der Waals surface area contributed by atoms with Gasteiger partial charge in [0.05, 0.1) is 11.7 Å². The summed E-state index contributed by atoms with van der Waals surface area (Å²) in [5.74, 6) is 3.53. The molecule has 4 aliphatic carbocycles. The summed E-state index contributed by atoms with van der Waals surface area (Å²) >= 11 is 0. The lowest BCUT2D eigenvalue weighted by Crippen LogP contribution is -2.63. The van der Waals surface area contributed by atoms with Crippen LogP contribution in [0.4, 0.5) is 0 Å². The van der Waals surface area contributed by atoms with Crippen LogP contribution >= 0.6 is 0 Å². The minimum absolute atomic E-state index is 0.0551. The fourth-order valence-corrected chi connectivity index (χ4v) is 10.5. The number of aliphatic hydroxyl groups excluding tert-OH is 1. The number of hydrogen-bond acceptors (Lipinski definition) is 4. The second kappa shape index (κ2) is 9.61. The van der Waals surface area contributed by atoms with E-state index in [2.05, 4.69) is 34.6 Å². The van der Waals surface area contributed by atoms with Crippen LogP contribution in [0, 0.1) is 46.3 Å². The molecule has 4 saturated carbocycles. The summed E-state index contributed by atoms with van der Waals surface area (Å²) < 4.78 is 12.6. The van der Waals surface area contributed by atoms with Gasteiger partial charge in [0.15, 0.2) is 0 Å². The summed E-state index contributed by atoms with van der Waals surface area (Å²) in [4.78, 5) is 12.8. The smallest absolute Gasteiger partial charge is 0.338 e. The normalized spacial score (nSPS) is 45.9. The highest BCUT2D eigenvalue weighted by atomic mass is 16.6. The van der Waals surface area contributed by atoms with Crippen LogP contribution in [-0.2, 0) is 9.47 Å². The van der Waals surface area contributed by atoms with E-state index in [9.17, 15) is 9.90 Å². The van der Waals surface area contributed by atoms with Gasteiger partial charge in [-0.05, 0) is 91.6 Å². The third-order valence-electron chi connectivity index (χ3n) is 12.6. The average Bonchev–Trinajstić information content (AvgIpc) is 3.51. The van der Waals surface area contributed by atoms with Crippen molar-refractivity contribution in [2.24, 2.45) is 46.3 Å². The number of benzene rings is 1. The Hall–Kier alpha value is -1.39. The van der Waals surface area contributed by atoms with E-state index in [0.717, 1.165) is 37.0 Å². The number of epoxide rings is 1. The van der Waals surface area contributed by atoms with E-state index in [4.69, 9.17) is 9.47 Å². The van der Waals surface area contributed by atoms with Crippen LogP contribution in [0.3, 0.4) is 0 Å². The lowest BCUT2D eigenvalue weighted by atomic mass is 9.43. The van der Waals surface area contributed by atoms with Gasteiger partial charge in [-0.2, -0.15) is 0 Å². The number of carbonyl (C=O) groups is 1. The zero-order valence-corrected chi connectivity index (χ0v) is 24.3. The lowest BCUT2D eigenvalue weighted by molar-refractivity contribution is -0.151. The molecule has 0 unspecified atom stereocenters. The molecule has 1 aromatic rings. The fourth-order valence-electron chi connectivity index (χ4n) is 10.5. The van der Waals surface area contributed by atoms with Crippen LogP contribution in [0.15, 0.2) is 30.3 Å². The molecule has 210 valence electrons. The first-order valence-corrected chi connectivity index (χ1v) is 15.7. The van der Waals surface area contributed by atoms with Crippen molar-refractivity contribution in [3.05, 3.63) is 35.9 Å². The molecule has 11 atom stereocenters. The lowest BCUT2D eigenvalue weighted by Gasteiger charge is -2.60. The molecule has 1 saturated heterocycles. The Morgan fingerprint density at radius 3 is 2.53 bits per heavy atom. The summed E-state index contributed by atoms with van der Waals surface area (Å²) in [7, 11) is 0. The van der Waals surface area contributed by atoms with Crippen molar-refractivity contribution in [2.45, 2.75) is 123 Å². The maximum absolute atomic E-state index is 12.8. The van der Waals surface area contributed by atoms with Gasteiger partial charge in [0.2, 0.25) is 0 Å². The van der Waals surface area contributed by atoms with E-state index < -0.39 is 6.10 Å². The summed E-state index contributed by atoms with van der Waals surface area (Å²) in [6.07, 6.45) is 11.1. The van der Waals surface area contributed by atoms with E-state index in [1.54, 1.807) is 0 Å². The van der Waals surface area contributed by atoms with Gasteiger partial charge in [-0.1, -0.05) is 72.1 Å². The number of rotatable bonds is 7. The standard InChI is InChI=1S/C34H50O4/c1-21(2)10-9-11-22(3)25-14-15-26-28-27(17-18-32(25,26)4)33(5)19-16-24(20-34(33)30(38-34)29(28)35)37-31(36)23-12-7-6-8-13-23/h6-8,12-13,21-22,24-30,35H,9-11,14-20H2,1-5H3/t22-,24+,25-,26+,27-,28-,29-,30-,32+,33+,34-/m0/s1. The highest BCUT2D eigenvalue weighted by molar-refractivity contribution is 5.89. The van der Waals surface area contributed by atoms with Crippen LogP contribution in [0.25, 0.3) is 0 Å². The third kappa shape index (κ3) is 4.02. The van der Waals surface area contributed by atoms with Crippen molar-refractivity contribution in [3.63, 3.8) is 0 Å². The topological polar surface area (TPSA) is 59.1 Å². The quantitative estimate of drug-likeness (QED) is 0.299. The van der Waals surface area contributed by atoms with Gasteiger partial charge < -0.3 is 14.6 Å². The molecule has 5 aliphatic rings. The second-order valence-corrected chi connectivity index (χ2v) is 14.8. The number of esters is 1. The van der Waals surface area contributed by atoms with Crippen LogP contribution in [0.1, 0.15) is 109 Å². The third-order valence-corrected chi connectivity index (χ3v) is 12.6. The summed E-state index contributed by atoms with van der Waals surface area (Å²) in [5, 5.41) is 11.9. The maximum atomic E-state index is 12.8. The predicted molar refractivity (Wildman–Crippen MR) is 150 cm³/mol. The van der Waals surface area contributed by atoms with Gasteiger partial charge in [-0.25, -0.2) is 4.79 Å². The monoisotopic (exact) mass is 522 g/mol. The molecule has 1 aromatic carbocycles. The SMILES string of the molecule is CC(C)CCC[C@H](C)[C@@H]1CC[C@@H]2[C@@H]3[C@H](O)[C@@H]4O[C@@]45C[C@H](OC(=O)c4ccccc4)CC[C@]5(C)[C@H]3CC[C@@]21C. The Kier molecular flexibility index (Phi) is 6.78. The van der Waals surface area contributed by atoms with Crippen molar-refractivity contribution in [2.75, 3.05) is 0 Å². The number of ether oxygens (including phenoxy) is 2. The molecule has 1 heterocycles. The summed E-state index contributed by atoms with van der Waals surface area (Å²) in [5.41, 5.74) is 0.673. The van der Waals surface area contributed by atoms with Gasteiger partial charge in [0.1, 0.15) is 17.8 Å². The molecular weight excluding hydrogens is 472 g/mol. The molecule has 1 N–H and O–H groups in total. The van der Waals surface area contributed by atoms with Gasteiger partial charge in [0, 0.05) is 11.8 Å². The van der Waals surface area contributed by atoms with E-state index >= 15 is 0 Å². The van der Waals surface area contributed by atoms with Gasteiger partial charge in [-0.15, -0.1) is 0 Å². The molecule has 5 fully saturated rings. The van der Waals surface area contributed by atoms with E-state index in [1.165, 1.54) is 44.9 Å². The minimum Gasteiger partial charge on any atom is -0.459 e. The zero-order chi connectivity index (χ0) is 26.9. The van der Waals surface area contributed by atoms with Gasteiger partial charge in [-0.3, -0.25) is 0 Å². The molecule has 0 amide bonds. The summed E-state index contributed by atoms with van der Waals surface area (Å²) in [6.45, 7) is 12.2. The van der Waals surface area contributed by atoms with Crippen LogP contribution in [-0.4, -0.2) is 35.0 Å². The highest BCUT2D eigenvalue weighted by Gasteiger charge is 2.79. The van der Waals surface area contributed by atoms with Crippen molar-refractivity contribution < 1.29 is 19.4 Å². The Morgan fingerprint density at radius 1 is 1.03 bits per heavy atom. The van der Waals surface area contributed by atoms with Crippen molar-refractivity contribution in [3.8, 4) is 0 Å². The van der Waals surface area contributed by atoms with E-state index in [1.807, 2.05) is 30.3 Å². The van der Waals surface area contributed by atoms with Crippen molar-refractivity contribution in [1.82, 2.24) is 0 Å². The molecule has 4 nitrogen and oxygen atoms in total. The molecule has 1 aliphatic heterocycles. The Labute approximate surface area is 230 Å². The molecule has 4 heteroatoms. The molecular formula is C34H50O4. The van der Waals surface area contributed by atoms with Crippen molar-refractivity contribution >= 4 is 5.97 Å². The number of aliphatic hydroxyl groups is 1. The highest BCUT2D eigenvalue weighted by Crippen LogP contribution is 2.74. The largest absolute Gasteiger partial charge is 0.459 e. The Morgan fingerprint density at radius 2 is 1.79 bits per heavy atom. The maximum Gasteiger partial charge on any atom is 0.338 e. The summed E-state index contributed by atoms with van der Waals surface area (Å²) in [6, 6.07) is 9.30. The zero-order valence-electron chi connectivity index (χ0n) is 24.3. The second-order valence-electron chi connectivity index (χ2n) is 14.8. The molecule has 0 radical (unpaired) electrons. The van der Waals surface area contributed by atoms with Gasteiger partial charge >= 0.3 is 5.97 Å². The molecule has 0 bridgehead atoms. The van der Waals surface area contributed by atoms with Crippen molar-refractivity contribution in [1.29, 1.82) is 0 Å². The predicted octanol–water partition coefficient (Wildman–Crippen LogP) is 7.44. The van der Waals surface area contributed by atoms with Crippen LogP contribution in [0.2, 0.25) is 0 Å². The van der Waals surface area contributed by atoms with Crippen LogP contribution in [0.5, 0.6) is 0 Å². The first-order valence-electron chi connectivity index (χ1n) is 15.7. The molecule has 0 aromatic heterocycles. The fraction of sp³-hybridized carbons (Fsp3) is 0.794. The minimum atomic E-state index is -0.392. The number of fused-ring (bicyclic) bond motifs is 4. The number of carbonyl (C=O) groups excluding carboxylic acids is 1. The Bertz CT molecular complexity index is 1020. The van der Waals surface area contributed by atoms with E-state index in [0.29, 0.717) is 28.7 Å². The molecule has 1 spiro atoms. The van der Waals surface area contributed by atoms with E-state index in [-0.39, 0.29) is 29.2 Å².